The van der Waals surface area contributed by atoms with Crippen LogP contribution in [0.3, 0.4) is 0 Å². The van der Waals surface area contributed by atoms with E-state index in [4.69, 9.17) is 4.74 Å². The lowest BCUT2D eigenvalue weighted by Crippen LogP contribution is -2.43. The summed E-state index contributed by atoms with van der Waals surface area (Å²) in [5, 5.41) is 0. The number of anilines is 1. The van der Waals surface area contributed by atoms with Gasteiger partial charge >= 0.3 is 17.8 Å². The van der Waals surface area contributed by atoms with Crippen molar-refractivity contribution in [3.8, 4) is 5.75 Å². The van der Waals surface area contributed by atoms with Gasteiger partial charge in [-0.25, -0.2) is 14.6 Å². The topological polar surface area (TPSA) is 87.2 Å². The minimum absolute atomic E-state index is 0.237. The number of amides is 5. The molecule has 0 unspecified atom stereocenters. The first-order chi connectivity index (χ1) is 14.0. The van der Waals surface area contributed by atoms with Gasteiger partial charge in [-0.2, -0.15) is 0 Å². The Morgan fingerprint density at radius 3 is 2.21 bits per heavy atom. The summed E-state index contributed by atoms with van der Waals surface area (Å²) in [4.78, 5) is 53.1. The van der Waals surface area contributed by atoms with E-state index in [1.54, 1.807) is 12.1 Å². The Balaban J connectivity index is 1.74. The van der Waals surface area contributed by atoms with Crippen molar-refractivity contribution >= 4 is 29.4 Å². The predicted molar refractivity (Wildman–Crippen MR) is 105 cm³/mol. The number of carbonyl (C=O) groups excluding carboxylic acids is 4. The van der Waals surface area contributed by atoms with Crippen molar-refractivity contribution in [1.29, 1.82) is 0 Å². The fraction of sp³-hybridized carbons (Fsp3) is 0.238. The fourth-order valence-electron chi connectivity index (χ4n) is 3.02. The van der Waals surface area contributed by atoms with Crippen molar-refractivity contribution in [3.05, 3.63) is 60.2 Å². The Morgan fingerprint density at radius 2 is 1.62 bits per heavy atom. The number of nitrogens with zero attached hydrogens (tertiary/aromatic N) is 3. The lowest BCUT2D eigenvalue weighted by molar-refractivity contribution is -0.142. The van der Waals surface area contributed by atoms with Gasteiger partial charge in [0.15, 0.2) is 0 Å². The molecule has 2 aromatic carbocycles. The lowest BCUT2D eigenvalue weighted by atomic mass is 10.2. The predicted octanol–water partition coefficient (Wildman–Crippen LogP) is 2.04. The summed E-state index contributed by atoms with van der Waals surface area (Å²) in [6.07, 6.45) is 0. The average Bonchev–Trinajstić information content (AvgIpc) is 2.96. The van der Waals surface area contributed by atoms with Crippen LogP contribution in [0.5, 0.6) is 5.75 Å². The molecule has 150 valence electrons. The van der Waals surface area contributed by atoms with Crippen LogP contribution in [-0.4, -0.2) is 53.8 Å². The van der Waals surface area contributed by atoms with Crippen LogP contribution in [0.1, 0.15) is 12.5 Å². The van der Waals surface area contributed by atoms with Crippen molar-refractivity contribution < 1.29 is 23.9 Å². The SMILES string of the molecule is CCN(Cc1ccccc1)C(=O)CN1C(=O)C(=O)N(c2ccc(OC)cc2)C1=O. The summed E-state index contributed by atoms with van der Waals surface area (Å²) in [5.41, 5.74) is 1.17. The highest BCUT2D eigenvalue weighted by Crippen LogP contribution is 2.24. The number of methoxy groups -OCH3 is 1. The Hall–Kier alpha value is -3.68. The van der Waals surface area contributed by atoms with Crippen LogP contribution in [0.25, 0.3) is 0 Å². The quantitative estimate of drug-likeness (QED) is 0.529. The molecule has 0 saturated carbocycles. The van der Waals surface area contributed by atoms with Gasteiger partial charge in [-0.05, 0) is 36.8 Å². The number of carbonyl (C=O) groups is 4. The molecular weight excluding hydrogens is 374 g/mol. The third-order valence-corrected chi connectivity index (χ3v) is 4.63. The van der Waals surface area contributed by atoms with Gasteiger partial charge in [0.25, 0.3) is 0 Å². The number of hydrogen-bond donors (Lipinski definition) is 0. The minimum atomic E-state index is -1.02. The number of ether oxygens (including phenoxy) is 1. The average molecular weight is 395 g/mol. The summed E-state index contributed by atoms with van der Waals surface area (Å²) < 4.78 is 5.05. The first-order valence-electron chi connectivity index (χ1n) is 9.12. The molecule has 1 saturated heterocycles. The van der Waals surface area contributed by atoms with Gasteiger partial charge in [0.2, 0.25) is 5.91 Å². The second-order valence-corrected chi connectivity index (χ2v) is 6.41. The van der Waals surface area contributed by atoms with E-state index in [-0.39, 0.29) is 5.69 Å². The Labute approximate surface area is 168 Å². The standard InChI is InChI=1S/C21H21N3O5/c1-3-22(13-15-7-5-4-6-8-15)18(25)14-23-19(26)20(27)24(21(23)28)16-9-11-17(29-2)12-10-16/h4-12H,3,13-14H2,1-2H3. The second-order valence-electron chi connectivity index (χ2n) is 6.41. The van der Waals surface area contributed by atoms with E-state index in [1.807, 2.05) is 37.3 Å². The maximum atomic E-state index is 12.7. The summed E-state index contributed by atoms with van der Waals surface area (Å²) in [5.74, 6) is -1.87. The number of benzene rings is 2. The number of rotatable bonds is 7. The number of likely N-dealkylation sites (N-methyl/N-ethyl adjacent to an activating group) is 1. The van der Waals surface area contributed by atoms with Crippen molar-refractivity contribution in [3.63, 3.8) is 0 Å². The van der Waals surface area contributed by atoms with Crippen LogP contribution in [0.2, 0.25) is 0 Å². The zero-order chi connectivity index (χ0) is 21.0. The second kappa shape index (κ2) is 8.55. The van der Waals surface area contributed by atoms with Crippen molar-refractivity contribution in [1.82, 2.24) is 9.80 Å². The molecule has 1 heterocycles. The Kier molecular flexibility index (Phi) is 5.92. The fourth-order valence-corrected chi connectivity index (χ4v) is 3.02. The molecule has 0 spiro atoms. The van der Waals surface area contributed by atoms with Crippen molar-refractivity contribution in [2.75, 3.05) is 25.1 Å². The molecule has 8 nitrogen and oxygen atoms in total. The van der Waals surface area contributed by atoms with Crippen LogP contribution >= 0.6 is 0 Å². The molecule has 5 amide bonds. The lowest BCUT2D eigenvalue weighted by Gasteiger charge is -2.23. The molecule has 3 rings (SSSR count). The van der Waals surface area contributed by atoms with Gasteiger partial charge in [0.1, 0.15) is 12.3 Å². The van der Waals surface area contributed by atoms with E-state index in [9.17, 15) is 19.2 Å². The summed E-state index contributed by atoms with van der Waals surface area (Å²) in [6, 6.07) is 14.7. The van der Waals surface area contributed by atoms with Crippen LogP contribution in [0, 0.1) is 0 Å². The molecule has 0 aromatic heterocycles. The molecule has 1 aliphatic rings. The molecule has 0 aliphatic carbocycles. The molecule has 0 bridgehead atoms. The van der Waals surface area contributed by atoms with Crippen molar-refractivity contribution in [2.45, 2.75) is 13.5 Å². The van der Waals surface area contributed by atoms with E-state index in [1.165, 1.54) is 24.1 Å². The molecule has 1 aliphatic heterocycles. The van der Waals surface area contributed by atoms with Crippen LogP contribution in [0.15, 0.2) is 54.6 Å². The van der Waals surface area contributed by atoms with Gasteiger partial charge in [-0.15, -0.1) is 0 Å². The van der Waals surface area contributed by atoms with Gasteiger partial charge in [0.05, 0.1) is 12.8 Å². The number of urea groups is 1. The maximum Gasteiger partial charge on any atom is 0.339 e. The maximum absolute atomic E-state index is 12.7. The van der Waals surface area contributed by atoms with Gasteiger partial charge in [0, 0.05) is 13.1 Å². The number of hydrogen-bond acceptors (Lipinski definition) is 5. The number of imide groups is 2. The Morgan fingerprint density at radius 1 is 0.966 bits per heavy atom. The molecule has 1 fully saturated rings. The van der Waals surface area contributed by atoms with Gasteiger partial charge in [-0.3, -0.25) is 14.4 Å². The van der Waals surface area contributed by atoms with Gasteiger partial charge < -0.3 is 9.64 Å². The normalized spacial score (nSPS) is 13.8. The molecule has 0 radical (unpaired) electrons. The van der Waals surface area contributed by atoms with E-state index in [0.717, 1.165) is 10.5 Å². The summed E-state index contributed by atoms with van der Waals surface area (Å²) in [6.45, 7) is 2.07. The van der Waals surface area contributed by atoms with E-state index in [0.29, 0.717) is 23.7 Å². The van der Waals surface area contributed by atoms with Gasteiger partial charge in [-0.1, -0.05) is 30.3 Å². The van der Waals surface area contributed by atoms with Crippen LogP contribution < -0.4 is 9.64 Å². The first-order valence-corrected chi connectivity index (χ1v) is 9.12. The molecule has 8 heteroatoms. The summed E-state index contributed by atoms with van der Waals surface area (Å²) >= 11 is 0. The smallest absolute Gasteiger partial charge is 0.339 e. The first kappa shape index (κ1) is 20.1. The highest BCUT2D eigenvalue weighted by atomic mass is 16.5. The zero-order valence-corrected chi connectivity index (χ0v) is 16.2. The van der Waals surface area contributed by atoms with Crippen LogP contribution in [-0.2, 0) is 20.9 Å². The van der Waals surface area contributed by atoms with E-state index < -0.39 is 30.3 Å². The molecule has 0 atom stereocenters. The summed E-state index contributed by atoms with van der Waals surface area (Å²) in [7, 11) is 1.49. The highest BCUT2D eigenvalue weighted by molar-refractivity contribution is 6.53. The molecule has 2 aromatic rings. The zero-order valence-electron chi connectivity index (χ0n) is 16.2. The minimum Gasteiger partial charge on any atom is -0.497 e. The van der Waals surface area contributed by atoms with E-state index >= 15 is 0 Å². The Bertz CT molecular complexity index is 927. The molecular formula is C21H21N3O5. The van der Waals surface area contributed by atoms with E-state index in [2.05, 4.69) is 0 Å². The van der Waals surface area contributed by atoms with Crippen LogP contribution in [0.4, 0.5) is 10.5 Å². The monoisotopic (exact) mass is 395 g/mol. The highest BCUT2D eigenvalue weighted by Gasteiger charge is 2.46. The molecule has 0 N–H and O–H groups in total. The third-order valence-electron chi connectivity index (χ3n) is 4.63. The molecule has 29 heavy (non-hydrogen) atoms. The van der Waals surface area contributed by atoms with Crippen molar-refractivity contribution in [2.24, 2.45) is 0 Å². The third kappa shape index (κ3) is 4.11. The largest absolute Gasteiger partial charge is 0.497 e.